The molecule has 0 fully saturated rings. The smallest absolute Gasteiger partial charge is 0.147 e. The van der Waals surface area contributed by atoms with E-state index in [-0.39, 0.29) is 5.41 Å². The summed E-state index contributed by atoms with van der Waals surface area (Å²) in [6, 6.07) is 0. The lowest BCUT2D eigenvalue weighted by atomic mass is 9.79. The molecule has 0 aromatic heterocycles. The van der Waals surface area contributed by atoms with E-state index in [2.05, 4.69) is 55.3 Å². The van der Waals surface area contributed by atoms with Crippen LogP contribution in [0.1, 0.15) is 27.7 Å². The molecular formula is C14H19NOS. The largest absolute Gasteiger partial charge is 0.412 e. The average molecular weight is 249 g/mol. The Hall–Kier alpha value is -1.09. The summed E-state index contributed by atoms with van der Waals surface area (Å²) in [4.78, 5) is 0. The van der Waals surface area contributed by atoms with Crippen LogP contribution in [-0.4, -0.2) is 11.6 Å². The Kier molecular flexibility index (Phi) is 3.13. The summed E-state index contributed by atoms with van der Waals surface area (Å²) in [6.45, 7) is 8.71. The molecule has 0 saturated heterocycles. The maximum absolute atomic E-state index is 5.68. The van der Waals surface area contributed by atoms with Crippen molar-refractivity contribution in [2.75, 3.05) is 0 Å². The Morgan fingerprint density at radius 1 is 1.35 bits per heavy atom. The number of hydrogen-bond donors (Lipinski definition) is 0. The van der Waals surface area contributed by atoms with Crippen LogP contribution in [0.15, 0.2) is 40.0 Å². The van der Waals surface area contributed by atoms with Gasteiger partial charge in [0.05, 0.1) is 5.71 Å². The van der Waals surface area contributed by atoms with Gasteiger partial charge in [0.1, 0.15) is 16.7 Å². The van der Waals surface area contributed by atoms with Crippen LogP contribution in [0.3, 0.4) is 0 Å². The lowest BCUT2D eigenvalue weighted by Gasteiger charge is -2.26. The molecular weight excluding hydrogens is 230 g/mol. The number of rotatable bonds is 1. The second-order valence-electron chi connectivity index (χ2n) is 5.05. The summed E-state index contributed by atoms with van der Waals surface area (Å²) < 4.78 is 10.1. The standard InChI is InChI=1S/C14H19NOS/c1-10(2)14(4)8-6-12-11(3)15-17(5)16-13(12)7-9-14/h6-10H,5H2,1-4H3. The second-order valence-corrected chi connectivity index (χ2v) is 6.04. The Morgan fingerprint density at radius 3 is 2.65 bits per heavy atom. The molecule has 3 heteroatoms. The summed E-state index contributed by atoms with van der Waals surface area (Å²) in [6.07, 6.45) is 8.65. The van der Waals surface area contributed by atoms with Crippen LogP contribution < -0.4 is 0 Å². The molecule has 92 valence electrons. The minimum absolute atomic E-state index is 0.0702. The van der Waals surface area contributed by atoms with Gasteiger partial charge in [-0.15, -0.1) is 0 Å². The fraction of sp³-hybridized carbons (Fsp3) is 0.429. The lowest BCUT2D eigenvalue weighted by molar-refractivity contribution is 0.382. The van der Waals surface area contributed by atoms with Crippen molar-refractivity contribution in [2.24, 2.45) is 15.7 Å². The second kappa shape index (κ2) is 4.30. The maximum atomic E-state index is 5.68. The predicted molar refractivity (Wildman–Crippen MR) is 77.2 cm³/mol. The van der Waals surface area contributed by atoms with E-state index in [1.54, 1.807) is 0 Å². The van der Waals surface area contributed by atoms with E-state index >= 15 is 0 Å². The molecule has 0 radical (unpaired) electrons. The molecule has 0 saturated carbocycles. The zero-order valence-corrected chi connectivity index (χ0v) is 11.7. The van der Waals surface area contributed by atoms with Gasteiger partial charge in [0, 0.05) is 11.0 Å². The molecule has 0 aromatic rings. The maximum Gasteiger partial charge on any atom is 0.147 e. The van der Waals surface area contributed by atoms with Crippen LogP contribution in [-0.2, 0) is 4.18 Å². The van der Waals surface area contributed by atoms with E-state index in [9.17, 15) is 0 Å². The van der Waals surface area contributed by atoms with Gasteiger partial charge in [0.2, 0.25) is 0 Å². The summed E-state index contributed by atoms with van der Waals surface area (Å²) in [5.41, 5.74) is 2.16. The predicted octanol–water partition coefficient (Wildman–Crippen LogP) is 4.05. The van der Waals surface area contributed by atoms with Gasteiger partial charge in [0.25, 0.3) is 0 Å². The van der Waals surface area contributed by atoms with E-state index in [4.69, 9.17) is 4.18 Å². The first-order valence-electron chi connectivity index (χ1n) is 5.83. The third-order valence-electron chi connectivity index (χ3n) is 3.53. The molecule has 2 nitrogen and oxygen atoms in total. The van der Waals surface area contributed by atoms with E-state index in [0.29, 0.717) is 5.92 Å². The molecule has 2 atom stereocenters. The highest BCUT2D eigenvalue weighted by molar-refractivity contribution is 8.09. The highest BCUT2D eigenvalue weighted by Gasteiger charge is 2.26. The first-order valence-corrected chi connectivity index (χ1v) is 7.11. The summed E-state index contributed by atoms with van der Waals surface area (Å²) in [5, 5.41) is 0. The van der Waals surface area contributed by atoms with Gasteiger partial charge < -0.3 is 4.18 Å². The van der Waals surface area contributed by atoms with Crippen molar-refractivity contribution in [3.05, 3.63) is 35.6 Å². The molecule has 1 aliphatic carbocycles. The Bertz CT molecular complexity index is 482. The highest BCUT2D eigenvalue weighted by atomic mass is 32.2. The number of hydrogen-bond acceptors (Lipinski definition) is 2. The first-order chi connectivity index (χ1) is 7.92. The van der Waals surface area contributed by atoms with Crippen molar-refractivity contribution >= 4 is 22.5 Å². The highest BCUT2D eigenvalue weighted by Crippen LogP contribution is 2.37. The molecule has 0 spiro atoms. The third-order valence-corrected chi connectivity index (χ3v) is 4.38. The van der Waals surface area contributed by atoms with Crippen LogP contribution in [0.25, 0.3) is 0 Å². The van der Waals surface area contributed by atoms with E-state index < -0.39 is 11.0 Å². The Labute approximate surface area is 106 Å². The van der Waals surface area contributed by atoms with Crippen LogP contribution in [0, 0.1) is 11.3 Å². The Morgan fingerprint density at radius 2 is 2.00 bits per heavy atom. The molecule has 17 heavy (non-hydrogen) atoms. The number of nitrogens with zero attached hydrogens (tertiary/aromatic N) is 1. The van der Waals surface area contributed by atoms with Gasteiger partial charge in [0.15, 0.2) is 0 Å². The summed E-state index contributed by atoms with van der Waals surface area (Å²) in [5.74, 6) is 5.31. The molecule has 0 bridgehead atoms. The Balaban J connectivity index is 2.43. The molecule has 0 aromatic carbocycles. The van der Waals surface area contributed by atoms with Gasteiger partial charge in [-0.3, -0.25) is 0 Å². The molecule has 2 aliphatic rings. The minimum atomic E-state index is -0.587. The normalized spacial score (nSPS) is 32.1. The van der Waals surface area contributed by atoms with Crippen molar-refractivity contribution in [3.63, 3.8) is 0 Å². The SMILES string of the molecule is C=S1N=C(C)C2=C(C=CC(C)(C(C)C)C=C2)O1. The monoisotopic (exact) mass is 249 g/mol. The van der Waals surface area contributed by atoms with Crippen LogP contribution in [0.5, 0.6) is 0 Å². The third kappa shape index (κ3) is 2.29. The van der Waals surface area contributed by atoms with Gasteiger partial charge in [-0.2, -0.15) is 4.40 Å². The summed E-state index contributed by atoms with van der Waals surface area (Å²) >= 11 is 0. The van der Waals surface area contributed by atoms with Gasteiger partial charge in [-0.05, 0) is 24.8 Å². The molecule has 0 N–H and O–H groups in total. The van der Waals surface area contributed by atoms with Crippen molar-refractivity contribution < 1.29 is 4.18 Å². The molecule has 2 unspecified atom stereocenters. The molecule has 0 amide bonds. The topological polar surface area (TPSA) is 21.6 Å². The first kappa shape index (κ1) is 12.4. The van der Waals surface area contributed by atoms with Crippen molar-refractivity contribution in [1.29, 1.82) is 0 Å². The van der Waals surface area contributed by atoms with Gasteiger partial charge >= 0.3 is 0 Å². The van der Waals surface area contributed by atoms with Crippen molar-refractivity contribution in [2.45, 2.75) is 27.7 Å². The molecule has 1 aliphatic heterocycles. The van der Waals surface area contributed by atoms with Gasteiger partial charge in [-0.1, -0.05) is 39.0 Å². The minimum Gasteiger partial charge on any atom is -0.412 e. The fourth-order valence-corrected chi connectivity index (χ4v) is 2.62. The molecule has 2 rings (SSSR count). The van der Waals surface area contributed by atoms with Crippen molar-refractivity contribution in [1.82, 2.24) is 0 Å². The van der Waals surface area contributed by atoms with E-state index in [1.807, 2.05) is 6.92 Å². The number of allylic oxidation sites excluding steroid dienone is 5. The van der Waals surface area contributed by atoms with E-state index in [0.717, 1.165) is 17.0 Å². The lowest BCUT2D eigenvalue weighted by Crippen LogP contribution is -2.17. The quantitative estimate of drug-likeness (QED) is 0.642. The van der Waals surface area contributed by atoms with Crippen LogP contribution >= 0.6 is 11.0 Å². The van der Waals surface area contributed by atoms with E-state index in [1.165, 1.54) is 0 Å². The zero-order valence-electron chi connectivity index (χ0n) is 10.9. The fourth-order valence-electron chi connectivity index (χ4n) is 1.83. The van der Waals surface area contributed by atoms with Gasteiger partial charge in [-0.25, -0.2) is 0 Å². The average Bonchev–Trinajstić information content (AvgIpc) is 2.40. The zero-order chi connectivity index (χ0) is 12.6. The summed E-state index contributed by atoms with van der Waals surface area (Å²) in [7, 11) is -0.587. The van der Waals surface area contributed by atoms with Crippen LogP contribution in [0.4, 0.5) is 0 Å². The van der Waals surface area contributed by atoms with Crippen LogP contribution in [0.2, 0.25) is 0 Å². The molecule has 1 heterocycles. The van der Waals surface area contributed by atoms with Crippen molar-refractivity contribution in [3.8, 4) is 0 Å².